The number of halogens is 1. The monoisotopic (exact) mass is 347 g/mol. The molecule has 0 bridgehead atoms. The van der Waals surface area contributed by atoms with E-state index in [9.17, 15) is 4.79 Å². The lowest BCUT2D eigenvalue weighted by atomic mass is 10.1. The van der Waals surface area contributed by atoms with Crippen LogP contribution >= 0.6 is 11.6 Å². The fourth-order valence-corrected chi connectivity index (χ4v) is 3.38. The van der Waals surface area contributed by atoms with Crippen molar-refractivity contribution in [1.82, 2.24) is 14.9 Å². The first-order valence-corrected chi connectivity index (χ1v) is 8.48. The summed E-state index contributed by atoms with van der Waals surface area (Å²) in [6.45, 7) is 1.85. The lowest BCUT2D eigenvalue weighted by Gasteiger charge is -2.25. The zero-order chi connectivity index (χ0) is 16.5. The lowest BCUT2D eigenvalue weighted by Crippen LogP contribution is -2.40. The molecule has 1 aromatic heterocycles. The standard InChI is InChI=1S/C17H18ClN3O3/c18-13-8-11(9-14-16(13)24-7-1-6-23-14)17(22)20-12-2-3-15-19-4-5-21(15)10-12/h4-5,8-9,12H,1-3,6-7,10H2,(H,20,22)/t12-/m1/s1. The van der Waals surface area contributed by atoms with Gasteiger partial charge in [0.1, 0.15) is 5.82 Å². The molecule has 0 aliphatic carbocycles. The molecule has 2 aromatic rings. The molecule has 0 saturated heterocycles. The summed E-state index contributed by atoms with van der Waals surface area (Å²) in [6.07, 6.45) is 6.27. The van der Waals surface area contributed by atoms with Crippen LogP contribution in [-0.2, 0) is 13.0 Å². The van der Waals surface area contributed by atoms with E-state index in [1.165, 1.54) is 0 Å². The molecule has 3 heterocycles. The second-order valence-electron chi connectivity index (χ2n) is 6.04. The van der Waals surface area contributed by atoms with E-state index in [1.54, 1.807) is 18.3 Å². The van der Waals surface area contributed by atoms with Crippen molar-refractivity contribution in [3.63, 3.8) is 0 Å². The van der Waals surface area contributed by atoms with Crippen LogP contribution < -0.4 is 14.8 Å². The number of nitrogens with zero attached hydrogens (tertiary/aromatic N) is 2. The lowest BCUT2D eigenvalue weighted by molar-refractivity contribution is 0.0927. The predicted molar refractivity (Wildman–Crippen MR) is 88.9 cm³/mol. The molecule has 126 valence electrons. The van der Waals surface area contributed by atoms with Crippen LogP contribution in [0.2, 0.25) is 5.02 Å². The summed E-state index contributed by atoms with van der Waals surface area (Å²) in [5, 5.41) is 3.48. The average Bonchev–Trinajstić information content (AvgIpc) is 2.90. The summed E-state index contributed by atoms with van der Waals surface area (Å²) >= 11 is 6.26. The number of hydrogen-bond acceptors (Lipinski definition) is 4. The van der Waals surface area contributed by atoms with E-state index in [-0.39, 0.29) is 11.9 Å². The SMILES string of the molecule is O=C(N[C@@H]1CCc2nccn2C1)c1cc(Cl)c2c(c1)OCCCO2. The Morgan fingerprint density at radius 2 is 2.21 bits per heavy atom. The molecule has 0 fully saturated rings. The first-order valence-electron chi connectivity index (χ1n) is 8.11. The topological polar surface area (TPSA) is 65.4 Å². The van der Waals surface area contributed by atoms with Crippen LogP contribution in [0.3, 0.4) is 0 Å². The van der Waals surface area contributed by atoms with Crippen molar-refractivity contribution >= 4 is 17.5 Å². The number of amides is 1. The summed E-state index contributed by atoms with van der Waals surface area (Å²) in [4.78, 5) is 16.9. The number of carbonyl (C=O) groups is 1. The zero-order valence-electron chi connectivity index (χ0n) is 13.1. The Labute approximate surface area is 144 Å². The molecule has 0 radical (unpaired) electrons. The minimum Gasteiger partial charge on any atom is -0.489 e. The number of aromatic nitrogens is 2. The molecule has 0 unspecified atom stereocenters. The Bertz CT molecular complexity index is 774. The van der Waals surface area contributed by atoms with E-state index < -0.39 is 0 Å². The van der Waals surface area contributed by atoms with Crippen LogP contribution in [0.15, 0.2) is 24.5 Å². The predicted octanol–water partition coefficient (Wildman–Crippen LogP) is 2.44. The molecule has 1 aromatic carbocycles. The van der Waals surface area contributed by atoms with Gasteiger partial charge in [-0.1, -0.05) is 11.6 Å². The summed E-state index contributed by atoms with van der Waals surface area (Å²) in [5.74, 6) is 1.97. The number of carbonyl (C=O) groups excluding carboxylic acids is 1. The minimum absolute atomic E-state index is 0.0777. The number of aryl methyl sites for hydroxylation is 1. The molecule has 2 aliphatic heterocycles. The highest BCUT2D eigenvalue weighted by Gasteiger charge is 2.23. The Kier molecular flexibility index (Phi) is 4.06. The maximum Gasteiger partial charge on any atom is 0.251 e. The van der Waals surface area contributed by atoms with Crippen molar-refractivity contribution in [2.45, 2.75) is 31.8 Å². The van der Waals surface area contributed by atoms with Crippen LogP contribution in [0.25, 0.3) is 0 Å². The maximum atomic E-state index is 12.6. The Hall–Kier alpha value is -2.21. The van der Waals surface area contributed by atoms with E-state index >= 15 is 0 Å². The van der Waals surface area contributed by atoms with Gasteiger partial charge in [0.25, 0.3) is 5.91 Å². The minimum atomic E-state index is -0.152. The van der Waals surface area contributed by atoms with E-state index in [2.05, 4.69) is 14.9 Å². The van der Waals surface area contributed by atoms with Gasteiger partial charge in [-0.05, 0) is 18.6 Å². The van der Waals surface area contributed by atoms with Crippen LogP contribution in [0.4, 0.5) is 0 Å². The molecule has 2 aliphatic rings. The molecule has 6 nitrogen and oxygen atoms in total. The van der Waals surface area contributed by atoms with Gasteiger partial charge in [-0.25, -0.2) is 4.98 Å². The first-order chi connectivity index (χ1) is 11.7. The Morgan fingerprint density at radius 1 is 1.33 bits per heavy atom. The third-order valence-corrected chi connectivity index (χ3v) is 4.62. The van der Waals surface area contributed by atoms with Crippen LogP contribution in [0.1, 0.15) is 29.0 Å². The van der Waals surface area contributed by atoms with E-state index in [4.69, 9.17) is 21.1 Å². The number of benzene rings is 1. The van der Waals surface area contributed by atoms with Crippen molar-refractivity contribution in [3.05, 3.63) is 40.9 Å². The average molecular weight is 348 g/mol. The van der Waals surface area contributed by atoms with Gasteiger partial charge in [-0.2, -0.15) is 0 Å². The smallest absolute Gasteiger partial charge is 0.251 e. The number of imidazole rings is 1. The van der Waals surface area contributed by atoms with Crippen molar-refractivity contribution in [3.8, 4) is 11.5 Å². The molecular formula is C17H18ClN3O3. The maximum absolute atomic E-state index is 12.6. The number of rotatable bonds is 2. The van der Waals surface area contributed by atoms with Crippen molar-refractivity contribution in [1.29, 1.82) is 0 Å². The summed E-state index contributed by atoms with van der Waals surface area (Å²) in [7, 11) is 0. The molecule has 1 amide bonds. The van der Waals surface area contributed by atoms with Gasteiger partial charge in [-0.3, -0.25) is 4.79 Å². The normalized spacial score (nSPS) is 19.3. The van der Waals surface area contributed by atoms with Crippen LogP contribution in [0, 0.1) is 0 Å². The summed E-state index contributed by atoms with van der Waals surface area (Å²) in [6, 6.07) is 3.41. The van der Waals surface area contributed by atoms with Gasteiger partial charge in [0.05, 0.1) is 18.2 Å². The van der Waals surface area contributed by atoms with Crippen LogP contribution in [-0.4, -0.2) is 34.7 Å². The fourth-order valence-electron chi connectivity index (χ4n) is 3.11. The van der Waals surface area contributed by atoms with E-state index in [0.717, 1.165) is 31.6 Å². The molecule has 4 rings (SSSR count). The highest BCUT2D eigenvalue weighted by Crippen LogP contribution is 2.38. The zero-order valence-corrected chi connectivity index (χ0v) is 13.9. The second-order valence-corrected chi connectivity index (χ2v) is 6.45. The summed E-state index contributed by atoms with van der Waals surface area (Å²) in [5.41, 5.74) is 0.487. The molecule has 24 heavy (non-hydrogen) atoms. The van der Waals surface area contributed by atoms with Crippen molar-refractivity contribution < 1.29 is 14.3 Å². The molecular weight excluding hydrogens is 330 g/mol. The molecule has 1 N–H and O–H groups in total. The number of nitrogens with one attached hydrogen (secondary N) is 1. The van der Waals surface area contributed by atoms with Crippen LogP contribution in [0.5, 0.6) is 11.5 Å². The second kappa shape index (κ2) is 6.36. The summed E-state index contributed by atoms with van der Waals surface area (Å²) < 4.78 is 13.3. The van der Waals surface area contributed by atoms with Gasteiger partial charge < -0.3 is 19.4 Å². The highest BCUT2D eigenvalue weighted by molar-refractivity contribution is 6.32. The van der Waals surface area contributed by atoms with E-state index in [1.807, 2.05) is 6.20 Å². The van der Waals surface area contributed by atoms with Gasteiger partial charge in [-0.15, -0.1) is 0 Å². The third kappa shape index (κ3) is 2.94. The fraction of sp³-hybridized carbons (Fsp3) is 0.412. The first kappa shape index (κ1) is 15.3. The van der Waals surface area contributed by atoms with Gasteiger partial charge >= 0.3 is 0 Å². The van der Waals surface area contributed by atoms with Crippen molar-refractivity contribution in [2.24, 2.45) is 0 Å². The third-order valence-electron chi connectivity index (χ3n) is 4.33. The van der Waals surface area contributed by atoms with Gasteiger partial charge in [0, 0.05) is 43.4 Å². The molecule has 1 atom stereocenters. The highest BCUT2D eigenvalue weighted by atomic mass is 35.5. The molecule has 0 spiro atoms. The van der Waals surface area contributed by atoms with Crippen molar-refractivity contribution in [2.75, 3.05) is 13.2 Å². The Balaban J connectivity index is 1.51. The number of fused-ring (bicyclic) bond motifs is 2. The van der Waals surface area contributed by atoms with E-state index in [0.29, 0.717) is 35.3 Å². The van der Waals surface area contributed by atoms with Gasteiger partial charge in [0.2, 0.25) is 0 Å². The van der Waals surface area contributed by atoms with Gasteiger partial charge in [0.15, 0.2) is 11.5 Å². The molecule has 7 heteroatoms. The largest absolute Gasteiger partial charge is 0.489 e. The molecule has 0 saturated carbocycles. The quantitative estimate of drug-likeness (QED) is 0.906. The number of hydrogen-bond donors (Lipinski definition) is 1. The number of ether oxygens (including phenoxy) is 2. The Morgan fingerprint density at radius 3 is 3.12 bits per heavy atom.